The molecule has 0 radical (unpaired) electrons. The molecule has 3 aromatic rings. The maximum Gasteiger partial charge on any atom is 0.329 e. The Morgan fingerprint density at radius 2 is 1.96 bits per heavy atom. The summed E-state index contributed by atoms with van der Waals surface area (Å²) >= 11 is 7.06. The lowest BCUT2D eigenvalue weighted by molar-refractivity contribution is 0.102. The van der Waals surface area contributed by atoms with Crippen molar-refractivity contribution >= 4 is 40.3 Å². The van der Waals surface area contributed by atoms with E-state index in [4.69, 9.17) is 11.6 Å². The number of nitrogens with one attached hydrogen (secondary N) is 1. The molecule has 0 fully saturated rings. The molecule has 0 aliphatic heterocycles. The van der Waals surface area contributed by atoms with Gasteiger partial charge in [-0.2, -0.15) is 0 Å². The number of ketones is 1. The van der Waals surface area contributed by atoms with E-state index in [9.17, 15) is 14.4 Å². The van der Waals surface area contributed by atoms with Gasteiger partial charge in [-0.25, -0.2) is 9.78 Å². The molecule has 0 spiro atoms. The van der Waals surface area contributed by atoms with E-state index in [1.807, 2.05) is 6.92 Å². The Balaban J connectivity index is 1.94. The zero-order valence-corrected chi connectivity index (χ0v) is 15.1. The molecule has 1 N–H and O–H groups in total. The molecule has 0 unspecified atom stereocenters. The van der Waals surface area contributed by atoms with Crippen LogP contribution in [0.15, 0.2) is 39.0 Å². The van der Waals surface area contributed by atoms with Crippen LogP contribution in [0.1, 0.15) is 17.3 Å². The Labute approximate surface area is 151 Å². The SMILES string of the molecule is CCn1c(SCC(=O)c2ccc(Cl)cc2)nc2c1c(=O)[nH]c(=O)n2C. The zero-order chi connectivity index (χ0) is 18.1. The molecule has 0 aliphatic rings. The lowest BCUT2D eigenvalue weighted by Gasteiger charge is -2.05. The molecule has 0 amide bonds. The van der Waals surface area contributed by atoms with Gasteiger partial charge in [-0.1, -0.05) is 23.4 Å². The van der Waals surface area contributed by atoms with Crippen molar-refractivity contribution < 1.29 is 4.79 Å². The Kier molecular flexibility index (Phi) is 4.82. The normalized spacial score (nSPS) is 11.2. The van der Waals surface area contributed by atoms with Crippen LogP contribution in [0.5, 0.6) is 0 Å². The standard InChI is InChI=1S/C16H15ClN4O3S/c1-3-21-12-13(20(2)15(24)19-14(12)23)18-16(21)25-8-11(22)9-4-6-10(17)7-5-9/h4-7H,3,8H2,1-2H3,(H,19,23,24). The molecule has 7 nitrogen and oxygen atoms in total. The molecule has 25 heavy (non-hydrogen) atoms. The number of thioether (sulfide) groups is 1. The van der Waals surface area contributed by atoms with Crippen molar-refractivity contribution in [3.63, 3.8) is 0 Å². The summed E-state index contributed by atoms with van der Waals surface area (Å²) in [4.78, 5) is 42.8. The van der Waals surface area contributed by atoms with Crippen LogP contribution in [0.4, 0.5) is 0 Å². The van der Waals surface area contributed by atoms with Gasteiger partial charge in [0.05, 0.1) is 5.75 Å². The molecule has 1 aromatic carbocycles. The third kappa shape index (κ3) is 3.27. The molecule has 9 heteroatoms. The van der Waals surface area contributed by atoms with Crippen LogP contribution in [0, 0.1) is 0 Å². The van der Waals surface area contributed by atoms with Gasteiger partial charge in [0.1, 0.15) is 0 Å². The maximum absolute atomic E-state index is 12.3. The first-order valence-corrected chi connectivity index (χ1v) is 8.89. The van der Waals surface area contributed by atoms with E-state index in [1.54, 1.807) is 35.9 Å². The quantitative estimate of drug-likeness (QED) is 0.542. The fourth-order valence-electron chi connectivity index (χ4n) is 2.47. The number of fused-ring (bicyclic) bond motifs is 1. The minimum Gasteiger partial charge on any atom is -0.313 e. The number of Topliss-reactive ketones (excluding diaryl/α,β-unsaturated/α-hetero) is 1. The lowest BCUT2D eigenvalue weighted by Crippen LogP contribution is -2.29. The minimum absolute atomic E-state index is 0.0702. The number of benzene rings is 1. The summed E-state index contributed by atoms with van der Waals surface area (Å²) in [5.74, 6) is 0.0933. The van der Waals surface area contributed by atoms with Gasteiger partial charge in [0.25, 0.3) is 5.56 Å². The van der Waals surface area contributed by atoms with E-state index >= 15 is 0 Å². The van der Waals surface area contributed by atoms with E-state index in [2.05, 4.69) is 9.97 Å². The van der Waals surface area contributed by atoms with Crippen LogP contribution in [0.25, 0.3) is 11.2 Å². The minimum atomic E-state index is -0.521. The summed E-state index contributed by atoms with van der Waals surface area (Å²) in [7, 11) is 1.54. The van der Waals surface area contributed by atoms with Gasteiger partial charge in [0.15, 0.2) is 22.1 Å². The van der Waals surface area contributed by atoms with Crippen LogP contribution >= 0.6 is 23.4 Å². The largest absolute Gasteiger partial charge is 0.329 e. The van der Waals surface area contributed by atoms with E-state index in [0.717, 1.165) is 0 Å². The number of halogens is 1. The van der Waals surface area contributed by atoms with Gasteiger partial charge < -0.3 is 4.57 Å². The Morgan fingerprint density at radius 3 is 2.60 bits per heavy atom. The third-order valence-corrected chi connectivity index (χ3v) is 5.02. The Morgan fingerprint density at radius 1 is 1.28 bits per heavy atom. The molecule has 2 aromatic heterocycles. The Hall–Kier alpha value is -2.32. The number of aromatic nitrogens is 4. The first-order valence-electron chi connectivity index (χ1n) is 7.53. The highest BCUT2D eigenvalue weighted by atomic mass is 35.5. The number of carbonyl (C=O) groups is 1. The number of aromatic amines is 1. The molecule has 3 rings (SSSR count). The predicted molar refractivity (Wildman–Crippen MR) is 97.8 cm³/mol. The highest BCUT2D eigenvalue weighted by Crippen LogP contribution is 2.22. The molecule has 0 aliphatic carbocycles. The first kappa shape index (κ1) is 17.5. The van der Waals surface area contributed by atoms with E-state index in [0.29, 0.717) is 33.5 Å². The van der Waals surface area contributed by atoms with Gasteiger partial charge >= 0.3 is 5.69 Å². The third-order valence-electron chi connectivity index (χ3n) is 3.79. The number of H-pyrrole nitrogens is 1. The fourth-order valence-corrected chi connectivity index (χ4v) is 3.55. The number of hydrogen-bond acceptors (Lipinski definition) is 5. The molecule has 0 saturated carbocycles. The second-order valence-corrected chi connectivity index (χ2v) is 6.73. The van der Waals surface area contributed by atoms with Crippen LogP contribution in [0.3, 0.4) is 0 Å². The summed E-state index contributed by atoms with van der Waals surface area (Å²) in [6.45, 7) is 2.37. The second kappa shape index (κ2) is 6.89. The number of imidazole rings is 1. The lowest BCUT2D eigenvalue weighted by atomic mass is 10.1. The smallest absolute Gasteiger partial charge is 0.313 e. The highest BCUT2D eigenvalue weighted by molar-refractivity contribution is 7.99. The van der Waals surface area contributed by atoms with E-state index < -0.39 is 11.2 Å². The van der Waals surface area contributed by atoms with Crippen molar-refractivity contribution in [2.75, 3.05) is 5.75 Å². The molecule has 0 bridgehead atoms. The van der Waals surface area contributed by atoms with Crippen LogP contribution in [0.2, 0.25) is 5.02 Å². The van der Waals surface area contributed by atoms with Gasteiger partial charge in [0, 0.05) is 24.2 Å². The van der Waals surface area contributed by atoms with Gasteiger partial charge in [-0.3, -0.25) is 19.1 Å². The maximum atomic E-state index is 12.3. The Bertz CT molecular complexity index is 1070. The highest BCUT2D eigenvalue weighted by Gasteiger charge is 2.17. The van der Waals surface area contributed by atoms with Crippen molar-refractivity contribution in [2.45, 2.75) is 18.6 Å². The van der Waals surface area contributed by atoms with Gasteiger partial charge in [-0.15, -0.1) is 0 Å². The molecular weight excluding hydrogens is 364 g/mol. The molecule has 2 heterocycles. The summed E-state index contributed by atoms with van der Waals surface area (Å²) < 4.78 is 2.99. The number of hydrogen-bond donors (Lipinski definition) is 1. The monoisotopic (exact) mass is 378 g/mol. The molecule has 0 saturated heterocycles. The van der Waals surface area contributed by atoms with Crippen LogP contribution in [-0.4, -0.2) is 30.6 Å². The number of rotatable bonds is 5. The number of nitrogens with zero attached hydrogens (tertiary/aromatic N) is 3. The molecule has 0 atom stereocenters. The first-order chi connectivity index (χ1) is 11.9. The van der Waals surface area contributed by atoms with Crippen molar-refractivity contribution in [2.24, 2.45) is 7.05 Å². The van der Waals surface area contributed by atoms with Crippen molar-refractivity contribution in [1.82, 2.24) is 19.1 Å². The van der Waals surface area contributed by atoms with Crippen LogP contribution < -0.4 is 11.2 Å². The van der Waals surface area contributed by atoms with E-state index in [1.165, 1.54) is 16.3 Å². The van der Waals surface area contributed by atoms with Crippen molar-refractivity contribution in [3.8, 4) is 0 Å². The summed E-state index contributed by atoms with van der Waals surface area (Å²) in [5.41, 5.74) is 0.180. The predicted octanol–water partition coefficient (Wildman–Crippen LogP) is 2.07. The number of aryl methyl sites for hydroxylation is 2. The average Bonchev–Trinajstić information content (AvgIpc) is 2.97. The number of carbonyl (C=O) groups excluding carboxylic acids is 1. The topological polar surface area (TPSA) is 89.8 Å². The van der Waals surface area contributed by atoms with Gasteiger partial charge in [0.2, 0.25) is 0 Å². The van der Waals surface area contributed by atoms with Crippen LogP contribution in [-0.2, 0) is 13.6 Å². The van der Waals surface area contributed by atoms with Crippen molar-refractivity contribution in [3.05, 3.63) is 55.7 Å². The van der Waals surface area contributed by atoms with Crippen molar-refractivity contribution in [1.29, 1.82) is 0 Å². The molecular formula is C16H15ClN4O3S. The summed E-state index contributed by atoms with van der Waals surface area (Å²) in [6.07, 6.45) is 0. The molecule has 130 valence electrons. The van der Waals surface area contributed by atoms with E-state index in [-0.39, 0.29) is 11.5 Å². The van der Waals surface area contributed by atoms with Gasteiger partial charge in [-0.05, 0) is 31.2 Å². The summed E-state index contributed by atoms with van der Waals surface area (Å²) in [5, 5.41) is 1.09. The zero-order valence-electron chi connectivity index (χ0n) is 13.6. The fraction of sp³-hybridized carbons (Fsp3) is 0.250. The summed E-state index contributed by atoms with van der Waals surface area (Å²) in [6, 6.07) is 6.66. The average molecular weight is 379 g/mol. The second-order valence-electron chi connectivity index (χ2n) is 5.35.